The Kier molecular flexibility index (Phi) is 4.24. The number of hydrogen-bond acceptors (Lipinski definition) is 4. The Morgan fingerprint density at radius 2 is 2.05 bits per heavy atom. The number of nitrogens with zero attached hydrogens (tertiary/aromatic N) is 1. The lowest BCUT2D eigenvalue weighted by molar-refractivity contribution is 0.0698. The summed E-state index contributed by atoms with van der Waals surface area (Å²) >= 11 is 0. The molecule has 0 spiro atoms. The summed E-state index contributed by atoms with van der Waals surface area (Å²) in [6.07, 6.45) is 1.28. The molecule has 0 radical (unpaired) electrons. The number of carbonyl (C=O) groups is 1. The number of aromatic nitrogens is 2. The maximum absolute atomic E-state index is 11.2. The summed E-state index contributed by atoms with van der Waals surface area (Å²) in [4.78, 5) is 11.2. The van der Waals surface area contributed by atoms with Crippen molar-refractivity contribution in [2.75, 3.05) is 13.2 Å². The van der Waals surface area contributed by atoms with Crippen LogP contribution in [-0.4, -0.2) is 34.5 Å². The van der Waals surface area contributed by atoms with Crippen LogP contribution >= 0.6 is 0 Å². The van der Waals surface area contributed by atoms with E-state index in [2.05, 4.69) is 10.2 Å². The van der Waals surface area contributed by atoms with Crippen LogP contribution in [0.25, 0.3) is 11.3 Å². The Morgan fingerprint density at radius 1 is 1.30 bits per heavy atom. The van der Waals surface area contributed by atoms with Gasteiger partial charge in [0.15, 0.2) is 0 Å². The Labute approximate surface area is 116 Å². The average Bonchev–Trinajstić information content (AvgIpc) is 2.89. The maximum Gasteiger partial charge on any atom is 0.339 e. The van der Waals surface area contributed by atoms with Crippen LogP contribution in [0.3, 0.4) is 0 Å². The predicted octanol–water partition coefficient (Wildman–Crippen LogP) is 2.57. The van der Waals surface area contributed by atoms with Crippen LogP contribution in [0.2, 0.25) is 0 Å². The molecule has 0 unspecified atom stereocenters. The molecule has 1 aromatic heterocycles. The van der Waals surface area contributed by atoms with Crippen molar-refractivity contribution in [2.45, 2.75) is 13.8 Å². The highest BCUT2D eigenvalue weighted by molar-refractivity contribution is 5.95. The van der Waals surface area contributed by atoms with Gasteiger partial charge >= 0.3 is 5.97 Å². The second-order valence-corrected chi connectivity index (χ2v) is 3.99. The SMILES string of the molecule is CCOc1ccc(-c2[nH]ncc2C(=O)O)c(OCC)c1. The smallest absolute Gasteiger partial charge is 0.339 e. The fraction of sp³-hybridized carbons (Fsp3) is 0.286. The Bertz CT molecular complexity index is 607. The molecule has 1 heterocycles. The minimum absolute atomic E-state index is 0.107. The molecule has 0 amide bonds. The summed E-state index contributed by atoms with van der Waals surface area (Å²) < 4.78 is 11.0. The van der Waals surface area contributed by atoms with Gasteiger partial charge in [0.2, 0.25) is 0 Å². The molecule has 0 fully saturated rings. The van der Waals surface area contributed by atoms with Gasteiger partial charge in [0.25, 0.3) is 0 Å². The molecule has 6 nitrogen and oxygen atoms in total. The van der Waals surface area contributed by atoms with Crippen LogP contribution in [-0.2, 0) is 0 Å². The van der Waals surface area contributed by atoms with Gasteiger partial charge in [-0.3, -0.25) is 5.10 Å². The van der Waals surface area contributed by atoms with Gasteiger partial charge in [0, 0.05) is 11.6 Å². The van der Waals surface area contributed by atoms with Crippen molar-refractivity contribution in [3.8, 4) is 22.8 Å². The van der Waals surface area contributed by atoms with Gasteiger partial charge in [-0.25, -0.2) is 4.79 Å². The average molecular weight is 276 g/mol. The fourth-order valence-corrected chi connectivity index (χ4v) is 1.89. The van der Waals surface area contributed by atoms with E-state index in [4.69, 9.17) is 14.6 Å². The van der Waals surface area contributed by atoms with Crippen molar-refractivity contribution in [3.05, 3.63) is 30.0 Å². The quantitative estimate of drug-likeness (QED) is 0.847. The molecule has 106 valence electrons. The highest BCUT2D eigenvalue weighted by Crippen LogP contribution is 2.34. The monoisotopic (exact) mass is 276 g/mol. The van der Waals surface area contributed by atoms with Crippen LogP contribution in [0, 0.1) is 0 Å². The third kappa shape index (κ3) is 2.74. The highest BCUT2D eigenvalue weighted by Gasteiger charge is 2.18. The first-order chi connectivity index (χ1) is 9.67. The fourth-order valence-electron chi connectivity index (χ4n) is 1.89. The number of benzene rings is 1. The number of aromatic carboxylic acids is 1. The summed E-state index contributed by atoms with van der Waals surface area (Å²) in [5, 5.41) is 15.6. The lowest BCUT2D eigenvalue weighted by Crippen LogP contribution is -2.00. The molecule has 0 saturated carbocycles. The van der Waals surface area contributed by atoms with E-state index in [0.717, 1.165) is 0 Å². The Balaban J connectivity index is 2.49. The van der Waals surface area contributed by atoms with E-state index in [1.807, 2.05) is 13.8 Å². The van der Waals surface area contributed by atoms with Crippen LogP contribution < -0.4 is 9.47 Å². The number of nitrogens with one attached hydrogen (secondary N) is 1. The zero-order chi connectivity index (χ0) is 14.5. The van der Waals surface area contributed by atoms with Crippen molar-refractivity contribution in [1.82, 2.24) is 10.2 Å². The summed E-state index contributed by atoms with van der Waals surface area (Å²) in [5.74, 6) is 0.200. The van der Waals surface area contributed by atoms with Crippen molar-refractivity contribution < 1.29 is 19.4 Å². The first-order valence-corrected chi connectivity index (χ1v) is 6.34. The molecule has 0 atom stereocenters. The van der Waals surface area contributed by atoms with Gasteiger partial charge < -0.3 is 14.6 Å². The van der Waals surface area contributed by atoms with Crippen molar-refractivity contribution in [1.29, 1.82) is 0 Å². The van der Waals surface area contributed by atoms with Crippen molar-refractivity contribution >= 4 is 5.97 Å². The third-order valence-electron chi connectivity index (χ3n) is 2.70. The van der Waals surface area contributed by atoms with Gasteiger partial charge in [0.1, 0.15) is 17.1 Å². The molecular weight excluding hydrogens is 260 g/mol. The van der Waals surface area contributed by atoms with Gasteiger partial charge in [-0.2, -0.15) is 5.10 Å². The van der Waals surface area contributed by atoms with E-state index in [1.54, 1.807) is 18.2 Å². The highest BCUT2D eigenvalue weighted by atomic mass is 16.5. The molecule has 0 saturated heterocycles. The predicted molar refractivity (Wildman–Crippen MR) is 73.3 cm³/mol. The standard InChI is InChI=1S/C14H16N2O4/c1-3-19-9-5-6-10(12(7-9)20-4-2)13-11(14(17)18)8-15-16-13/h5-8H,3-4H2,1-2H3,(H,15,16)(H,17,18). The first-order valence-electron chi connectivity index (χ1n) is 6.34. The van der Waals surface area contributed by atoms with E-state index < -0.39 is 5.97 Å². The molecule has 2 rings (SSSR count). The van der Waals surface area contributed by atoms with Crippen LogP contribution in [0.5, 0.6) is 11.5 Å². The number of H-pyrrole nitrogens is 1. The zero-order valence-corrected chi connectivity index (χ0v) is 11.3. The topological polar surface area (TPSA) is 84.4 Å². The number of rotatable bonds is 6. The second-order valence-electron chi connectivity index (χ2n) is 3.99. The molecule has 0 aliphatic carbocycles. The van der Waals surface area contributed by atoms with Crippen LogP contribution in [0.4, 0.5) is 0 Å². The van der Waals surface area contributed by atoms with Crippen LogP contribution in [0.15, 0.2) is 24.4 Å². The summed E-state index contributed by atoms with van der Waals surface area (Å²) in [6, 6.07) is 5.28. The molecule has 1 aromatic carbocycles. The molecule has 0 aliphatic heterocycles. The lowest BCUT2D eigenvalue weighted by Gasteiger charge is -2.12. The Morgan fingerprint density at radius 3 is 2.70 bits per heavy atom. The minimum atomic E-state index is -1.04. The molecule has 0 aliphatic rings. The van der Waals surface area contributed by atoms with Crippen molar-refractivity contribution in [3.63, 3.8) is 0 Å². The minimum Gasteiger partial charge on any atom is -0.494 e. The molecular formula is C14H16N2O4. The van der Waals surface area contributed by atoms with Gasteiger partial charge in [-0.15, -0.1) is 0 Å². The van der Waals surface area contributed by atoms with Gasteiger partial charge in [-0.1, -0.05) is 0 Å². The molecule has 6 heteroatoms. The van der Waals surface area contributed by atoms with Crippen LogP contribution in [0.1, 0.15) is 24.2 Å². The Hall–Kier alpha value is -2.50. The molecule has 20 heavy (non-hydrogen) atoms. The summed E-state index contributed by atoms with van der Waals surface area (Å²) in [5.41, 5.74) is 1.17. The number of ether oxygens (including phenoxy) is 2. The van der Waals surface area contributed by atoms with E-state index in [9.17, 15) is 4.79 Å². The lowest BCUT2D eigenvalue weighted by atomic mass is 10.1. The molecule has 2 N–H and O–H groups in total. The summed E-state index contributed by atoms with van der Waals surface area (Å²) in [6.45, 7) is 4.78. The number of carboxylic acids is 1. The maximum atomic E-state index is 11.2. The molecule has 2 aromatic rings. The second kappa shape index (κ2) is 6.10. The van der Waals surface area contributed by atoms with Gasteiger partial charge in [-0.05, 0) is 26.0 Å². The summed E-state index contributed by atoms with van der Waals surface area (Å²) in [7, 11) is 0. The zero-order valence-electron chi connectivity index (χ0n) is 11.3. The normalized spacial score (nSPS) is 10.3. The van der Waals surface area contributed by atoms with Gasteiger partial charge in [0.05, 0.1) is 25.1 Å². The van der Waals surface area contributed by atoms with Crippen molar-refractivity contribution in [2.24, 2.45) is 0 Å². The largest absolute Gasteiger partial charge is 0.494 e. The first kappa shape index (κ1) is 13.9. The third-order valence-corrected chi connectivity index (χ3v) is 2.70. The number of hydrogen-bond donors (Lipinski definition) is 2. The van der Waals surface area contributed by atoms with E-state index in [1.165, 1.54) is 6.20 Å². The van der Waals surface area contributed by atoms with E-state index in [-0.39, 0.29) is 5.56 Å². The molecule has 0 bridgehead atoms. The number of aromatic amines is 1. The van der Waals surface area contributed by atoms with E-state index in [0.29, 0.717) is 36.0 Å². The number of carboxylic acid groups (broad SMARTS) is 1. The van der Waals surface area contributed by atoms with E-state index >= 15 is 0 Å².